The lowest BCUT2D eigenvalue weighted by atomic mass is 10.0. The van der Waals surface area contributed by atoms with E-state index in [-0.39, 0.29) is 24.4 Å². The maximum absolute atomic E-state index is 12.6. The summed E-state index contributed by atoms with van der Waals surface area (Å²) >= 11 is 0. The van der Waals surface area contributed by atoms with Crippen LogP contribution in [0, 0.1) is 6.92 Å². The Balaban J connectivity index is 1.62. The highest BCUT2D eigenvalue weighted by Gasteiger charge is 2.19. The predicted molar refractivity (Wildman–Crippen MR) is 104 cm³/mol. The van der Waals surface area contributed by atoms with Crippen LogP contribution < -0.4 is 10.4 Å². The zero-order chi connectivity index (χ0) is 20.4. The number of hydrogen-bond donors (Lipinski definition) is 2. The summed E-state index contributed by atoms with van der Waals surface area (Å²) < 4.78 is 6.86. The molecule has 9 nitrogen and oxygen atoms in total. The SMILES string of the molecule is Cc1nc(C(=O)CCn2nn[nH]c2=O)c(O)c2ccc(Oc3ccccc3)cc12. The fourth-order valence-electron chi connectivity index (χ4n) is 3.01. The smallest absolute Gasteiger partial charge is 0.361 e. The van der Waals surface area contributed by atoms with Crippen LogP contribution in [0.5, 0.6) is 17.2 Å². The molecule has 2 aromatic heterocycles. The average molecular weight is 391 g/mol. The van der Waals surface area contributed by atoms with E-state index >= 15 is 0 Å². The number of carbonyl (C=O) groups is 1. The van der Waals surface area contributed by atoms with Crippen molar-refractivity contribution in [3.8, 4) is 17.2 Å². The molecule has 0 saturated carbocycles. The van der Waals surface area contributed by atoms with Gasteiger partial charge in [0.2, 0.25) is 0 Å². The molecule has 0 aliphatic rings. The van der Waals surface area contributed by atoms with Gasteiger partial charge in [0, 0.05) is 22.9 Å². The summed E-state index contributed by atoms with van der Waals surface area (Å²) in [6, 6.07) is 14.5. The fraction of sp³-hybridized carbons (Fsp3) is 0.150. The van der Waals surface area contributed by atoms with Gasteiger partial charge in [-0.25, -0.2) is 14.9 Å². The van der Waals surface area contributed by atoms with Gasteiger partial charge in [-0.2, -0.15) is 4.68 Å². The van der Waals surface area contributed by atoms with Gasteiger partial charge in [-0.3, -0.25) is 4.79 Å². The second kappa shape index (κ2) is 7.55. The molecular weight excluding hydrogens is 374 g/mol. The molecule has 0 saturated heterocycles. The highest BCUT2D eigenvalue weighted by Crippen LogP contribution is 2.33. The van der Waals surface area contributed by atoms with Crippen LogP contribution in [-0.4, -0.2) is 36.1 Å². The van der Waals surface area contributed by atoms with Crippen LogP contribution in [0.25, 0.3) is 10.8 Å². The number of aromatic amines is 1. The second-order valence-corrected chi connectivity index (χ2v) is 6.42. The highest BCUT2D eigenvalue weighted by molar-refractivity contribution is 6.03. The normalized spacial score (nSPS) is 10.9. The van der Waals surface area contributed by atoms with E-state index in [1.54, 1.807) is 25.1 Å². The minimum Gasteiger partial charge on any atom is -0.505 e. The van der Waals surface area contributed by atoms with Gasteiger partial charge in [0.15, 0.2) is 11.5 Å². The molecule has 0 spiro atoms. The second-order valence-electron chi connectivity index (χ2n) is 6.42. The third-order valence-corrected chi connectivity index (χ3v) is 4.47. The number of pyridine rings is 1. The number of rotatable bonds is 6. The van der Waals surface area contributed by atoms with Crippen molar-refractivity contribution in [3.63, 3.8) is 0 Å². The topological polar surface area (TPSA) is 123 Å². The zero-order valence-electron chi connectivity index (χ0n) is 15.5. The molecule has 2 heterocycles. The van der Waals surface area contributed by atoms with E-state index in [0.29, 0.717) is 28.0 Å². The molecule has 0 aliphatic carbocycles. The van der Waals surface area contributed by atoms with Gasteiger partial charge in [0.25, 0.3) is 0 Å². The Labute approximate surface area is 164 Å². The van der Waals surface area contributed by atoms with Crippen molar-refractivity contribution in [1.82, 2.24) is 25.2 Å². The van der Waals surface area contributed by atoms with E-state index in [9.17, 15) is 14.7 Å². The number of Topliss-reactive ketones (excluding diaryl/α,β-unsaturated/α-hetero) is 1. The van der Waals surface area contributed by atoms with Crippen LogP contribution in [0.15, 0.2) is 53.3 Å². The Bertz CT molecular complexity index is 1250. The van der Waals surface area contributed by atoms with E-state index in [2.05, 4.69) is 20.5 Å². The Morgan fingerprint density at radius 1 is 1.14 bits per heavy atom. The lowest BCUT2D eigenvalue weighted by Crippen LogP contribution is -2.20. The number of carbonyl (C=O) groups excluding carboxylic acids is 1. The Morgan fingerprint density at radius 2 is 1.93 bits per heavy atom. The van der Waals surface area contributed by atoms with Gasteiger partial charge >= 0.3 is 5.69 Å². The van der Waals surface area contributed by atoms with Crippen LogP contribution in [0.1, 0.15) is 22.6 Å². The molecule has 146 valence electrons. The lowest BCUT2D eigenvalue weighted by Gasteiger charge is -2.11. The monoisotopic (exact) mass is 391 g/mol. The molecule has 2 aromatic carbocycles. The molecule has 4 rings (SSSR count). The van der Waals surface area contributed by atoms with Gasteiger partial charge in [0.1, 0.15) is 17.2 Å². The molecule has 0 amide bonds. The van der Waals surface area contributed by atoms with Crippen molar-refractivity contribution in [2.45, 2.75) is 19.9 Å². The van der Waals surface area contributed by atoms with E-state index < -0.39 is 11.5 Å². The molecule has 0 fully saturated rings. The number of tetrazole rings is 1. The Morgan fingerprint density at radius 3 is 2.66 bits per heavy atom. The minimum atomic E-state index is -0.504. The van der Waals surface area contributed by atoms with Crippen LogP contribution in [-0.2, 0) is 6.54 Å². The number of nitrogens with one attached hydrogen (secondary N) is 1. The summed E-state index contributed by atoms with van der Waals surface area (Å²) in [5, 5.41) is 20.9. The number of ketones is 1. The van der Waals surface area contributed by atoms with Crippen molar-refractivity contribution in [1.29, 1.82) is 0 Å². The van der Waals surface area contributed by atoms with Crippen LogP contribution in [0.3, 0.4) is 0 Å². The first-order chi connectivity index (χ1) is 14.0. The lowest BCUT2D eigenvalue weighted by molar-refractivity contribution is 0.0967. The van der Waals surface area contributed by atoms with Gasteiger partial charge in [-0.1, -0.05) is 18.2 Å². The highest BCUT2D eigenvalue weighted by atomic mass is 16.5. The maximum atomic E-state index is 12.6. The summed E-state index contributed by atoms with van der Waals surface area (Å²) in [5.74, 6) is 0.690. The van der Waals surface area contributed by atoms with Crippen LogP contribution in [0.2, 0.25) is 0 Å². The number of aromatic nitrogens is 5. The van der Waals surface area contributed by atoms with Gasteiger partial charge in [-0.15, -0.1) is 0 Å². The molecule has 0 unspecified atom stereocenters. The van der Waals surface area contributed by atoms with Gasteiger partial charge in [0.05, 0.1) is 6.54 Å². The summed E-state index contributed by atoms with van der Waals surface area (Å²) in [6.45, 7) is 1.79. The number of benzene rings is 2. The molecule has 29 heavy (non-hydrogen) atoms. The Kier molecular flexibility index (Phi) is 4.78. The van der Waals surface area contributed by atoms with Crippen molar-refractivity contribution in [3.05, 3.63) is 70.4 Å². The third kappa shape index (κ3) is 3.70. The van der Waals surface area contributed by atoms with Gasteiger partial charge < -0.3 is 9.84 Å². The van der Waals surface area contributed by atoms with Crippen LogP contribution >= 0.6 is 0 Å². The quantitative estimate of drug-likeness (QED) is 0.484. The number of nitrogens with zero attached hydrogens (tertiary/aromatic N) is 4. The number of aromatic hydroxyl groups is 1. The van der Waals surface area contributed by atoms with E-state index in [4.69, 9.17) is 4.74 Å². The third-order valence-electron chi connectivity index (χ3n) is 4.47. The van der Waals surface area contributed by atoms with E-state index in [1.807, 2.05) is 30.3 Å². The fourth-order valence-corrected chi connectivity index (χ4v) is 3.01. The number of fused-ring (bicyclic) bond motifs is 1. The minimum absolute atomic E-state index is 0.0379. The number of para-hydroxylation sites is 1. The van der Waals surface area contributed by atoms with Crippen molar-refractivity contribution in [2.75, 3.05) is 0 Å². The summed E-state index contributed by atoms with van der Waals surface area (Å²) in [5.41, 5.74) is 0.0390. The molecule has 0 radical (unpaired) electrons. The number of hydrogen-bond acceptors (Lipinski definition) is 7. The van der Waals surface area contributed by atoms with Crippen LogP contribution in [0.4, 0.5) is 0 Å². The number of H-pyrrole nitrogens is 1. The first-order valence-corrected chi connectivity index (χ1v) is 8.90. The summed E-state index contributed by atoms with van der Waals surface area (Å²) in [4.78, 5) is 28.3. The standard InChI is InChI=1S/C20H17N5O4/c1-12-16-11-14(29-13-5-3-2-4-6-13)7-8-15(16)19(27)18(21-12)17(26)9-10-25-20(28)22-23-24-25/h2-8,11,27H,9-10H2,1H3,(H,22,24,28). The van der Waals surface area contributed by atoms with Gasteiger partial charge in [-0.05, 0) is 47.7 Å². The zero-order valence-corrected chi connectivity index (χ0v) is 15.5. The van der Waals surface area contributed by atoms with Crippen molar-refractivity contribution in [2.24, 2.45) is 0 Å². The molecule has 9 heteroatoms. The van der Waals surface area contributed by atoms with E-state index in [0.717, 1.165) is 4.68 Å². The first-order valence-electron chi connectivity index (χ1n) is 8.90. The largest absolute Gasteiger partial charge is 0.505 e. The summed E-state index contributed by atoms with van der Waals surface area (Å²) in [6.07, 6.45) is -0.0485. The molecule has 2 N–H and O–H groups in total. The number of aryl methyl sites for hydroxylation is 2. The molecular formula is C20H17N5O4. The molecule has 0 aliphatic heterocycles. The summed E-state index contributed by atoms with van der Waals surface area (Å²) in [7, 11) is 0. The molecule has 0 bridgehead atoms. The molecule has 0 atom stereocenters. The van der Waals surface area contributed by atoms with Crippen molar-refractivity contribution < 1.29 is 14.6 Å². The first kappa shape index (κ1) is 18.4. The number of ether oxygens (including phenoxy) is 1. The van der Waals surface area contributed by atoms with E-state index in [1.165, 1.54) is 0 Å². The molecule has 4 aromatic rings. The van der Waals surface area contributed by atoms with Crippen molar-refractivity contribution >= 4 is 16.6 Å². The average Bonchev–Trinajstić information content (AvgIpc) is 3.14. The maximum Gasteiger partial charge on any atom is 0.361 e. The Hall–Kier alpha value is -4.01. The predicted octanol–water partition coefficient (Wildman–Crippen LogP) is 2.59.